The lowest BCUT2D eigenvalue weighted by atomic mass is 10.1. The third-order valence-corrected chi connectivity index (χ3v) is 4.02. The predicted octanol–water partition coefficient (Wildman–Crippen LogP) is 4.37. The monoisotopic (exact) mass is 269 g/mol. The molecule has 2 aromatic carbocycles. The van der Waals surface area contributed by atoms with Gasteiger partial charge in [-0.3, -0.25) is 0 Å². The molecule has 0 aliphatic heterocycles. The number of rotatable bonds is 2. The number of aromatic hydroxyl groups is 1. The summed E-state index contributed by atoms with van der Waals surface area (Å²) in [5.74, 6) is 0.342. The number of fused-ring (bicyclic) bond motifs is 1. The van der Waals surface area contributed by atoms with Gasteiger partial charge in [0.05, 0.1) is 5.52 Å². The van der Waals surface area contributed by atoms with Gasteiger partial charge in [0.1, 0.15) is 5.75 Å². The highest BCUT2D eigenvalue weighted by molar-refractivity contribution is 7.98. The van der Waals surface area contributed by atoms with Gasteiger partial charge in [-0.05, 0) is 61.2 Å². The third-order valence-electron chi connectivity index (χ3n) is 3.28. The largest absolute Gasteiger partial charge is 0.507 e. The van der Waals surface area contributed by atoms with Gasteiger partial charge in [0.25, 0.3) is 0 Å². The van der Waals surface area contributed by atoms with Crippen molar-refractivity contribution in [1.29, 1.82) is 0 Å². The number of hydrogen-bond acceptors (Lipinski definition) is 2. The number of phenolic OH excluding ortho intramolecular Hbond substituents is 1. The van der Waals surface area contributed by atoms with Crippen molar-refractivity contribution in [1.82, 2.24) is 4.57 Å². The van der Waals surface area contributed by atoms with E-state index in [9.17, 15) is 5.11 Å². The molecular weight excluding hydrogens is 254 g/mol. The second-order valence-electron chi connectivity index (χ2n) is 4.60. The number of benzene rings is 2. The van der Waals surface area contributed by atoms with Crippen LogP contribution in [0.25, 0.3) is 16.6 Å². The summed E-state index contributed by atoms with van der Waals surface area (Å²) in [6.45, 7) is 1.99. The fourth-order valence-electron chi connectivity index (χ4n) is 2.33. The van der Waals surface area contributed by atoms with Gasteiger partial charge in [-0.15, -0.1) is 11.8 Å². The summed E-state index contributed by atoms with van der Waals surface area (Å²) >= 11 is 1.73. The van der Waals surface area contributed by atoms with Crippen LogP contribution in [0.2, 0.25) is 0 Å². The number of thioether (sulfide) groups is 1. The average molecular weight is 269 g/mol. The molecule has 0 saturated carbocycles. The summed E-state index contributed by atoms with van der Waals surface area (Å²) in [5.41, 5.74) is 3.21. The maximum Gasteiger partial charge on any atom is 0.125 e. The predicted molar refractivity (Wildman–Crippen MR) is 81.5 cm³/mol. The number of aryl methyl sites for hydroxylation is 1. The Balaban J connectivity index is 2.19. The Morgan fingerprint density at radius 2 is 1.79 bits per heavy atom. The van der Waals surface area contributed by atoms with Crippen LogP contribution < -0.4 is 0 Å². The molecule has 96 valence electrons. The van der Waals surface area contributed by atoms with Crippen molar-refractivity contribution < 1.29 is 5.11 Å². The van der Waals surface area contributed by atoms with E-state index in [0.717, 1.165) is 22.2 Å². The molecule has 0 radical (unpaired) electrons. The molecule has 3 aromatic rings. The Morgan fingerprint density at radius 1 is 1.05 bits per heavy atom. The number of nitrogens with zero attached hydrogens (tertiary/aromatic N) is 1. The van der Waals surface area contributed by atoms with Crippen LogP contribution in [0, 0.1) is 6.92 Å². The summed E-state index contributed by atoms with van der Waals surface area (Å²) in [4.78, 5) is 1.25. The van der Waals surface area contributed by atoms with Crippen molar-refractivity contribution in [3.05, 3.63) is 54.2 Å². The average Bonchev–Trinajstić information content (AvgIpc) is 2.83. The third kappa shape index (κ3) is 2.10. The minimum atomic E-state index is 0.342. The molecule has 0 atom stereocenters. The summed E-state index contributed by atoms with van der Waals surface area (Å²) in [5, 5.41) is 10.9. The van der Waals surface area contributed by atoms with Crippen molar-refractivity contribution in [3.8, 4) is 11.4 Å². The molecule has 0 unspecified atom stereocenters. The Labute approximate surface area is 116 Å². The Bertz CT molecular complexity index is 728. The lowest BCUT2D eigenvalue weighted by Gasteiger charge is -2.07. The van der Waals surface area contributed by atoms with Crippen LogP contribution in [0.15, 0.2) is 53.6 Å². The molecule has 0 amide bonds. The molecular formula is C16H15NOS. The lowest BCUT2D eigenvalue weighted by Crippen LogP contribution is -1.91. The van der Waals surface area contributed by atoms with Crippen molar-refractivity contribution in [3.63, 3.8) is 0 Å². The quantitative estimate of drug-likeness (QED) is 0.699. The summed E-state index contributed by atoms with van der Waals surface area (Å²) in [6.07, 6.45) is 4.07. The highest BCUT2D eigenvalue weighted by atomic mass is 32.2. The number of phenols is 1. The zero-order valence-electron chi connectivity index (χ0n) is 10.9. The van der Waals surface area contributed by atoms with Gasteiger partial charge in [-0.1, -0.05) is 0 Å². The maximum absolute atomic E-state index is 9.98. The molecule has 0 saturated heterocycles. The molecule has 1 N–H and O–H groups in total. The smallest absolute Gasteiger partial charge is 0.125 e. The molecule has 3 heteroatoms. The first-order valence-corrected chi connectivity index (χ1v) is 7.36. The Morgan fingerprint density at radius 3 is 2.47 bits per heavy atom. The molecule has 2 nitrogen and oxygen atoms in total. The fourth-order valence-corrected chi connectivity index (χ4v) is 2.74. The molecule has 1 heterocycles. The van der Waals surface area contributed by atoms with Gasteiger partial charge in [-0.25, -0.2) is 0 Å². The van der Waals surface area contributed by atoms with Gasteiger partial charge >= 0.3 is 0 Å². The van der Waals surface area contributed by atoms with E-state index in [1.165, 1.54) is 4.90 Å². The van der Waals surface area contributed by atoms with E-state index in [1.807, 2.05) is 19.2 Å². The van der Waals surface area contributed by atoms with Gasteiger partial charge in [0.2, 0.25) is 0 Å². The normalized spacial score (nSPS) is 11.1. The number of aromatic nitrogens is 1. The van der Waals surface area contributed by atoms with E-state index in [0.29, 0.717) is 5.75 Å². The molecule has 1 aromatic heterocycles. The topological polar surface area (TPSA) is 25.2 Å². The SMILES string of the molecule is CSc1ccc(-n2ccc3c(O)cc(C)cc32)cc1. The second-order valence-corrected chi connectivity index (χ2v) is 5.48. The Kier molecular flexibility index (Phi) is 2.99. The van der Waals surface area contributed by atoms with E-state index in [2.05, 4.69) is 41.2 Å². The number of hydrogen-bond donors (Lipinski definition) is 1. The lowest BCUT2D eigenvalue weighted by molar-refractivity contribution is 0.481. The van der Waals surface area contributed by atoms with Crippen LogP contribution in [0.1, 0.15) is 5.56 Å². The first kappa shape index (κ1) is 12.2. The van der Waals surface area contributed by atoms with Crippen LogP contribution in [-0.2, 0) is 0 Å². The summed E-state index contributed by atoms with van der Waals surface area (Å²) < 4.78 is 2.10. The van der Waals surface area contributed by atoms with Crippen molar-refractivity contribution in [2.45, 2.75) is 11.8 Å². The molecule has 0 fully saturated rings. The van der Waals surface area contributed by atoms with Crippen molar-refractivity contribution in [2.24, 2.45) is 0 Å². The first-order valence-electron chi connectivity index (χ1n) is 6.14. The van der Waals surface area contributed by atoms with Gasteiger partial charge in [0, 0.05) is 22.2 Å². The van der Waals surface area contributed by atoms with Crippen LogP contribution in [0.5, 0.6) is 5.75 Å². The van der Waals surface area contributed by atoms with Gasteiger partial charge in [0.15, 0.2) is 0 Å². The zero-order valence-corrected chi connectivity index (χ0v) is 11.7. The minimum absolute atomic E-state index is 0.342. The molecule has 0 spiro atoms. The zero-order chi connectivity index (χ0) is 13.4. The molecule has 0 aliphatic carbocycles. The second kappa shape index (κ2) is 4.67. The molecule has 3 rings (SSSR count). The van der Waals surface area contributed by atoms with E-state index >= 15 is 0 Å². The molecule has 0 bridgehead atoms. The van der Waals surface area contributed by atoms with Crippen molar-refractivity contribution >= 4 is 22.7 Å². The van der Waals surface area contributed by atoms with Gasteiger partial charge in [-0.2, -0.15) is 0 Å². The van der Waals surface area contributed by atoms with E-state index in [1.54, 1.807) is 17.8 Å². The maximum atomic E-state index is 9.98. The van der Waals surface area contributed by atoms with Crippen molar-refractivity contribution in [2.75, 3.05) is 6.26 Å². The summed E-state index contributed by atoms with van der Waals surface area (Å²) in [7, 11) is 0. The Hall–Kier alpha value is -1.87. The van der Waals surface area contributed by atoms with Crippen LogP contribution in [-0.4, -0.2) is 15.9 Å². The standard InChI is InChI=1S/C16H15NOS/c1-11-9-15-14(16(18)10-11)7-8-17(15)12-3-5-13(19-2)6-4-12/h3-10,18H,1-2H3. The summed E-state index contributed by atoms with van der Waals surface area (Å²) in [6, 6.07) is 14.3. The fraction of sp³-hybridized carbons (Fsp3) is 0.125. The van der Waals surface area contributed by atoms with Crippen LogP contribution in [0.3, 0.4) is 0 Å². The van der Waals surface area contributed by atoms with E-state index in [4.69, 9.17) is 0 Å². The minimum Gasteiger partial charge on any atom is -0.507 e. The van der Waals surface area contributed by atoms with E-state index in [-0.39, 0.29) is 0 Å². The highest BCUT2D eigenvalue weighted by Gasteiger charge is 2.07. The molecule has 0 aliphatic rings. The highest BCUT2D eigenvalue weighted by Crippen LogP contribution is 2.29. The van der Waals surface area contributed by atoms with Gasteiger partial charge < -0.3 is 9.67 Å². The first-order chi connectivity index (χ1) is 9.19. The molecule has 19 heavy (non-hydrogen) atoms. The van der Waals surface area contributed by atoms with Crippen LogP contribution in [0.4, 0.5) is 0 Å². The van der Waals surface area contributed by atoms with Crippen LogP contribution >= 0.6 is 11.8 Å². The van der Waals surface area contributed by atoms with E-state index < -0.39 is 0 Å².